The summed E-state index contributed by atoms with van der Waals surface area (Å²) >= 11 is 0. The van der Waals surface area contributed by atoms with Crippen LogP contribution in [0.5, 0.6) is 5.88 Å². The number of likely N-dealkylation sites (tertiary alicyclic amines) is 1. The molecule has 1 aromatic carbocycles. The van der Waals surface area contributed by atoms with Crippen LogP contribution in [0.15, 0.2) is 74.1 Å². The Kier molecular flexibility index (Phi) is 6.31. The summed E-state index contributed by atoms with van der Waals surface area (Å²) in [4.78, 5) is 23.0. The maximum Gasteiger partial charge on any atom is 0.287 e. The third-order valence-corrected chi connectivity index (χ3v) is 5.60. The molecule has 3 aromatic rings. The minimum Gasteiger partial charge on any atom is -0.466 e. The zero-order chi connectivity index (χ0) is 23.4. The molecule has 1 fully saturated rings. The van der Waals surface area contributed by atoms with E-state index in [1.807, 2.05) is 30.3 Å². The van der Waals surface area contributed by atoms with Gasteiger partial charge in [0.2, 0.25) is 5.88 Å². The first-order chi connectivity index (χ1) is 15.9. The molecule has 7 heteroatoms. The summed E-state index contributed by atoms with van der Waals surface area (Å²) in [7, 11) is 0. The number of benzene rings is 1. The first-order valence-electron chi connectivity index (χ1n) is 10.5. The fraction of sp³-hybridized carbons (Fsp3) is 0.192. The molecule has 3 heterocycles. The molecule has 168 valence electrons. The van der Waals surface area contributed by atoms with E-state index in [2.05, 4.69) is 23.1 Å². The van der Waals surface area contributed by atoms with E-state index in [0.717, 1.165) is 11.1 Å². The molecule has 0 spiro atoms. The van der Waals surface area contributed by atoms with Crippen LogP contribution in [0.1, 0.15) is 28.0 Å². The van der Waals surface area contributed by atoms with Crippen molar-refractivity contribution in [3.8, 4) is 17.0 Å². The highest BCUT2D eigenvalue weighted by molar-refractivity contribution is 6.00. The Morgan fingerprint density at radius 3 is 2.64 bits per heavy atom. The molecule has 5 nitrogen and oxygen atoms in total. The molecule has 1 amide bonds. The van der Waals surface area contributed by atoms with Gasteiger partial charge in [0, 0.05) is 31.4 Å². The van der Waals surface area contributed by atoms with Crippen molar-refractivity contribution in [3.05, 3.63) is 90.9 Å². The summed E-state index contributed by atoms with van der Waals surface area (Å²) in [6, 6.07) is 14.3. The van der Waals surface area contributed by atoms with Crippen molar-refractivity contribution in [2.45, 2.75) is 18.4 Å². The summed E-state index contributed by atoms with van der Waals surface area (Å²) in [5.74, 6) is -3.44. The first kappa shape index (κ1) is 22.3. The van der Waals surface area contributed by atoms with E-state index in [9.17, 15) is 13.6 Å². The lowest BCUT2D eigenvalue weighted by Crippen LogP contribution is -2.55. The van der Waals surface area contributed by atoms with Crippen molar-refractivity contribution in [1.82, 2.24) is 14.9 Å². The van der Waals surface area contributed by atoms with E-state index in [4.69, 9.17) is 4.74 Å². The number of aromatic nitrogens is 2. The Balaban J connectivity index is 1.58. The third kappa shape index (κ3) is 4.67. The van der Waals surface area contributed by atoms with Crippen LogP contribution in [-0.2, 0) is 0 Å². The molecule has 0 N–H and O–H groups in total. The summed E-state index contributed by atoms with van der Waals surface area (Å²) in [5, 5.41) is 0. The van der Waals surface area contributed by atoms with Gasteiger partial charge >= 0.3 is 0 Å². The van der Waals surface area contributed by atoms with Gasteiger partial charge in [-0.1, -0.05) is 49.6 Å². The Hall–Kier alpha value is -3.87. The number of hydrogen-bond acceptors (Lipinski definition) is 4. The molecule has 0 aliphatic carbocycles. The van der Waals surface area contributed by atoms with Gasteiger partial charge in [-0.25, -0.2) is 13.8 Å². The maximum atomic E-state index is 14.7. The standard InChI is InChI=1S/C26H23F2N3O2/c1-3-18-10-11-24(30-22(18)4-2)33-23-17-31(15-13-26(23,27)28)25(32)21-16-29-14-12-20(21)19-8-6-5-7-9-19/h3-12,14,16,23H,1-2,13,15,17H2. The Morgan fingerprint density at radius 2 is 1.91 bits per heavy atom. The molecular weight excluding hydrogens is 424 g/mol. The molecule has 0 saturated carbocycles. The van der Waals surface area contributed by atoms with E-state index in [-0.39, 0.29) is 24.9 Å². The van der Waals surface area contributed by atoms with Crippen molar-refractivity contribution in [2.24, 2.45) is 0 Å². The SMILES string of the molecule is C=Cc1ccc(OC2CN(C(=O)c3cnccc3-c3ccccc3)CCC2(F)F)nc1C=C. The van der Waals surface area contributed by atoms with Gasteiger partial charge in [-0.3, -0.25) is 9.78 Å². The number of pyridine rings is 2. The average molecular weight is 447 g/mol. The number of carbonyl (C=O) groups excluding carboxylic acids is 1. The average Bonchev–Trinajstić information content (AvgIpc) is 2.85. The highest BCUT2D eigenvalue weighted by atomic mass is 19.3. The molecule has 1 aliphatic rings. The highest BCUT2D eigenvalue weighted by Crippen LogP contribution is 2.33. The smallest absolute Gasteiger partial charge is 0.287 e. The topological polar surface area (TPSA) is 55.3 Å². The lowest BCUT2D eigenvalue weighted by Gasteiger charge is -2.38. The molecule has 1 unspecified atom stereocenters. The van der Waals surface area contributed by atoms with Gasteiger partial charge in [0.15, 0.2) is 6.10 Å². The summed E-state index contributed by atoms with van der Waals surface area (Å²) < 4.78 is 35.0. The maximum absolute atomic E-state index is 14.7. The Labute approximate surface area is 191 Å². The monoisotopic (exact) mass is 447 g/mol. The predicted octanol–water partition coefficient (Wildman–Crippen LogP) is 5.36. The third-order valence-electron chi connectivity index (χ3n) is 5.60. The van der Waals surface area contributed by atoms with E-state index in [1.165, 1.54) is 23.2 Å². The number of nitrogens with zero attached hydrogens (tertiary/aromatic N) is 3. The number of amides is 1. The van der Waals surface area contributed by atoms with Gasteiger partial charge in [0.1, 0.15) is 0 Å². The van der Waals surface area contributed by atoms with Crippen molar-refractivity contribution < 1.29 is 18.3 Å². The Morgan fingerprint density at radius 1 is 1.12 bits per heavy atom. The molecule has 1 saturated heterocycles. The van der Waals surface area contributed by atoms with Crippen molar-refractivity contribution in [1.29, 1.82) is 0 Å². The van der Waals surface area contributed by atoms with Gasteiger partial charge in [0.25, 0.3) is 11.8 Å². The molecular formula is C26H23F2N3O2. The fourth-order valence-electron chi connectivity index (χ4n) is 3.80. The lowest BCUT2D eigenvalue weighted by atomic mass is 9.98. The number of halogens is 2. The largest absolute Gasteiger partial charge is 0.466 e. The minimum atomic E-state index is -3.11. The second kappa shape index (κ2) is 9.32. The van der Waals surface area contributed by atoms with Gasteiger partial charge in [-0.2, -0.15) is 0 Å². The second-order valence-corrected chi connectivity index (χ2v) is 7.69. The van der Waals surface area contributed by atoms with Gasteiger partial charge < -0.3 is 9.64 Å². The number of carbonyl (C=O) groups is 1. The number of rotatable bonds is 6. The molecule has 1 aliphatic heterocycles. The van der Waals surface area contributed by atoms with Crippen molar-refractivity contribution in [2.75, 3.05) is 13.1 Å². The quantitative estimate of drug-likeness (QED) is 0.511. The van der Waals surface area contributed by atoms with Crippen molar-refractivity contribution >= 4 is 18.1 Å². The fourth-order valence-corrected chi connectivity index (χ4v) is 3.80. The Bertz CT molecular complexity index is 1180. The van der Waals surface area contributed by atoms with Gasteiger partial charge in [0.05, 0.1) is 17.8 Å². The first-order valence-corrected chi connectivity index (χ1v) is 10.5. The zero-order valence-corrected chi connectivity index (χ0v) is 18.0. The van der Waals surface area contributed by atoms with E-state index < -0.39 is 18.4 Å². The molecule has 1 atom stereocenters. The second-order valence-electron chi connectivity index (χ2n) is 7.69. The van der Waals surface area contributed by atoms with Gasteiger partial charge in [-0.05, 0) is 34.9 Å². The predicted molar refractivity (Wildman–Crippen MR) is 124 cm³/mol. The number of piperidine rings is 1. The van der Waals surface area contributed by atoms with Crippen LogP contribution in [-0.4, -0.2) is 45.9 Å². The number of alkyl halides is 2. The van der Waals surface area contributed by atoms with Crippen LogP contribution in [0, 0.1) is 0 Å². The number of hydrogen-bond donors (Lipinski definition) is 0. The summed E-state index contributed by atoms with van der Waals surface area (Å²) in [5.41, 5.74) is 3.10. The minimum absolute atomic E-state index is 0.0424. The van der Waals surface area contributed by atoms with E-state index in [0.29, 0.717) is 16.8 Å². The highest BCUT2D eigenvalue weighted by Gasteiger charge is 2.47. The van der Waals surface area contributed by atoms with E-state index in [1.54, 1.807) is 24.4 Å². The van der Waals surface area contributed by atoms with E-state index >= 15 is 0 Å². The van der Waals surface area contributed by atoms with Crippen LogP contribution >= 0.6 is 0 Å². The molecule has 33 heavy (non-hydrogen) atoms. The molecule has 0 bridgehead atoms. The normalized spacial score (nSPS) is 17.3. The summed E-state index contributed by atoms with van der Waals surface area (Å²) in [6.07, 6.45) is 4.13. The van der Waals surface area contributed by atoms with Crippen LogP contribution < -0.4 is 4.74 Å². The van der Waals surface area contributed by atoms with Crippen LogP contribution in [0.3, 0.4) is 0 Å². The van der Waals surface area contributed by atoms with Crippen LogP contribution in [0.4, 0.5) is 8.78 Å². The van der Waals surface area contributed by atoms with Crippen LogP contribution in [0.25, 0.3) is 23.3 Å². The molecule has 0 radical (unpaired) electrons. The van der Waals surface area contributed by atoms with Crippen LogP contribution in [0.2, 0.25) is 0 Å². The summed E-state index contributed by atoms with van der Waals surface area (Å²) in [6.45, 7) is 7.02. The number of ether oxygens (including phenoxy) is 1. The van der Waals surface area contributed by atoms with Gasteiger partial charge in [-0.15, -0.1) is 0 Å². The molecule has 4 rings (SSSR count). The zero-order valence-electron chi connectivity index (χ0n) is 18.0. The molecule has 2 aromatic heterocycles. The van der Waals surface area contributed by atoms with Crippen molar-refractivity contribution in [3.63, 3.8) is 0 Å². The lowest BCUT2D eigenvalue weighted by molar-refractivity contribution is -0.131.